The SMILES string of the molecule is CC1CC(S(C)(=O)=O)CCC1F. The first kappa shape index (κ1) is 9.96. The highest BCUT2D eigenvalue weighted by Crippen LogP contribution is 2.30. The minimum absolute atomic E-state index is 0.0986. The molecule has 12 heavy (non-hydrogen) atoms. The molecule has 0 radical (unpaired) electrons. The Morgan fingerprint density at radius 2 is 1.92 bits per heavy atom. The zero-order valence-electron chi connectivity index (χ0n) is 7.46. The van der Waals surface area contributed by atoms with E-state index in [-0.39, 0.29) is 11.2 Å². The average molecular weight is 194 g/mol. The van der Waals surface area contributed by atoms with Crippen LogP contribution in [0, 0.1) is 5.92 Å². The van der Waals surface area contributed by atoms with E-state index in [9.17, 15) is 12.8 Å². The zero-order valence-corrected chi connectivity index (χ0v) is 8.27. The Labute approximate surface area is 73.1 Å². The van der Waals surface area contributed by atoms with Crippen LogP contribution in [0.15, 0.2) is 0 Å². The third-order valence-corrected chi connectivity index (χ3v) is 4.26. The minimum Gasteiger partial charge on any atom is -0.247 e. The molecule has 3 atom stereocenters. The van der Waals surface area contributed by atoms with Crippen LogP contribution in [0.4, 0.5) is 4.39 Å². The second-order valence-electron chi connectivity index (χ2n) is 3.76. The fourth-order valence-electron chi connectivity index (χ4n) is 1.70. The lowest BCUT2D eigenvalue weighted by molar-refractivity contribution is 0.181. The highest BCUT2D eigenvalue weighted by atomic mass is 32.2. The van der Waals surface area contributed by atoms with Gasteiger partial charge in [0.05, 0.1) is 5.25 Å². The molecule has 1 rings (SSSR count). The van der Waals surface area contributed by atoms with Crippen molar-refractivity contribution >= 4 is 9.84 Å². The maximum Gasteiger partial charge on any atom is 0.150 e. The van der Waals surface area contributed by atoms with E-state index in [1.807, 2.05) is 0 Å². The van der Waals surface area contributed by atoms with Crippen LogP contribution in [0.1, 0.15) is 26.2 Å². The Hall–Kier alpha value is -0.120. The minimum atomic E-state index is -2.95. The van der Waals surface area contributed by atoms with Gasteiger partial charge in [-0.1, -0.05) is 6.92 Å². The van der Waals surface area contributed by atoms with Gasteiger partial charge in [0, 0.05) is 6.26 Å². The molecule has 0 aromatic rings. The molecule has 0 heterocycles. The van der Waals surface area contributed by atoms with Gasteiger partial charge in [-0.25, -0.2) is 12.8 Å². The lowest BCUT2D eigenvalue weighted by Gasteiger charge is -2.28. The largest absolute Gasteiger partial charge is 0.247 e. The van der Waals surface area contributed by atoms with Crippen LogP contribution in [-0.4, -0.2) is 26.1 Å². The highest BCUT2D eigenvalue weighted by molar-refractivity contribution is 7.91. The number of hydrogen-bond acceptors (Lipinski definition) is 2. The summed E-state index contributed by atoms with van der Waals surface area (Å²) in [6.45, 7) is 1.78. The predicted molar refractivity (Wildman–Crippen MR) is 46.5 cm³/mol. The molecule has 0 saturated heterocycles. The van der Waals surface area contributed by atoms with E-state index in [1.54, 1.807) is 6.92 Å². The summed E-state index contributed by atoms with van der Waals surface area (Å²) in [5, 5.41) is -0.306. The molecule has 4 heteroatoms. The van der Waals surface area contributed by atoms with Gasteiger partial charge in [-0.2, -0.15) is 0 Å². The lowest BCUT2D eigenvalue weighted by Crippen LogP contribution is -2.32. The Morgan fingerprint density at radius 1 is 1.33 bits per heavy atom. The Bertz CT molecular complexity index is 248. The van der Waals surface area contributed by atoms with Gasteiger partial charge in [-0.15, -0.1) is 0 Å². The highest BCUT2D eigenvalue weighted by Gasteiger charge is 2.32. The van der Waals surface area contributed by atoms with Crippen LogP contribution < -0.4 is 0 Å². The van der Waals surface area contributed by atoms with E-state index in [0.717, 1.165) is 0 Å². The first-order valence-corrected chi connectivity index (χ1v) is 6.19. The van der Waals surface area contributed by atoms with Crippen LogP contribution in [0.2, 0.25) is 0 Å². The normalized spacial score (nSPS) is 38.1. The number of hydrogen-bond donors (Lipinski definition) is 0. The molecule has 1 saturated carbocycles. The molecule has 0 aromatic carbocycles. The van der Waals surface area contributed by atoms with Gasteiger partial charge < -0.3 is 0 Å². The average Bonchev–Trinajstić information content (AvgIpc) is 1.92. The van der Waals surface area contributed by atoms with Gasteiger partial charge in [0.2, 0.25) is 0 Å². The third kappa shape index (κ3) is 2.19. The van der Waals surface area contributed by atoms with Crippen molar-refractivity contribution in [1.82, 2.24) is 0 Å². The zero-order chi connectivity index (χ0) is 9.35. The van der Waals surface area contributed by atoms with Crippen LogP contribution in [0.3, 0.4) is 0 Å². The predicted octanol–water partition coefficient (Wildman–Crippen LogP) is 1.56. The summed E-state index contributed by atoms with van der Waals surface area (Å²) in [4.78, 5) is 0. The van der Waals surface area contributed by atoms with Crippen LogP contribution >= 0.6 is 0 Å². The van der Waals surface area contributed by atoms with E-state index < -0.39 is 16.0 Å². The van der Waals surface area contributed by atoms with Crippen LogP contribution in [-0.2, 0) is 9.84 Å². The summed E-state index contributed by atoms with van der Waals surface area (Å²) in [5.74, 6) is -0.0986. The molecule has 1 aliphatic carbocycles. The third-order valence-electron chi connectivity index (χ3n) is 2.62. The summed E-state index contributed by atoms with van der Waals surface area (Å²) < 4.78 is 35.2. The second-order valence-corrected chi connectivity index (χ2v) is 6.08. The van der Waals surface area contributed by atoms with E-state index in [2.05, 4.69) is 0 Å². The smallest absolute Gasteiger partial charge is 0.150 e. The molecule has 1 aliphatic rings. The standard InChI is InChI=1S/C8H15FO2S/c1-6-5-7(12(2,10)11)3-4-8(6)9/h6-8H,3-5H2,1-2H3. The summed E-state index contributed by atoms with van der Waals surface area (Å²) in [7, 11) is -2.95. The molecule has 0 N–H and O–H groups in total. The molecular formula is C8H15FO2S. The molecular weight excluding hydrogens is 179 g/mol. The molecule has 72 valence electrons. The van der Waals surface area contributed by atoms with E-state index in [1.165, 1.54) is 6.26 Å². The molecule has 0 spiro atoms. The second kappa shape index (κ2) is 3.32. The van der Waals surface area contributed by atoms with Crippen LogP contribution in [0.5, 0.6) is 0 Å². The van der Waals surface area contributed by atoms with Gasteiger partial charge in [0.25, 0.3) is 0 Å². The maximum atomic E-state index is 12.9. The van der Waals surface area contributed by atoms with Crippen molar-refractivity contribution in [3.05, 3.63) is 0 Å². The van der Waals surface area contributed by atoms with Crippen molar-refractivity contribution in [3.8, 4) is 0 Å². The van der Waals surface area contributed by atoms with Crippen molar-refractivity contribution in [1.29, 1.82) is 0 Å². The number of halogens is 1. The van der Waals surface area contributed by atoms with Gasteiger partial charge in [-0.3, -0.25) is 0 Å². The monoisotopic (exact) mass is 194 g/mol. The number of rotatable bonds is 1. The summed E-state index contributed by atoms with van der Waals surface area (Å²) in [6.07, 6.45) is 1.81. The van der Waals surface area contributed by atoms with Crippen LogP contribution in [0.25, 0.3) is 0 Å². The van der Waals surface area contributed by atoms with Crippen molar-refractivity contribution in [3.63, 3.8) is 0 Å². The molecule has 0 amide bonds. The van der Waals surface area contributed by atoms with Crippen molar-refractivity contribution < 1.29 is 12.8 Å². The van der Waals surface area contributed by atoms with E-state index in [0.29, 0.717) is 19.3 Å². The van der Waals surface area contributed by atoms with E-state index in [4.69, 9.17) is 0 Å². The fourth-order valence-corrected chi connectivity index (χ4v) is 2.92. The van der Waals surface area contributed by atoms with Gasteiger partial charge in [0.15, 0.2) is 0 Å². The summed E-state index contributed by atoms with van der Waals surface area (Å²) in [6, 6.07) is 0. The van der Waals surface area contributed by atoms with Gasteiger partial charge >= 0.3 is 0 Å². The topological polar surface area (TPSA) is 34.1 Å². The van der Waals surface area contributed by atoms with Crippen molar-refractivity contribution in [2.24, 2.45) is 5.92 Å². The maximum absolute atomic E-state index is 12.9. The molecule has 3 unspecified atom stereocenters. The van der Waals surface area contributed by atoms with Gasteiger partial charge in [-0.05, 0) is 25.2 Å². The summed E-state index contributed by atoms with van der Waals surface area (Å²) >= 11 is 0. The summed E-state index contributed by atoms with van der Waals surface area (Å²) in [5.41, 5.74) is 0. The quantitative estimate of drug-likeness (QED) is 0.634. The first-order valence-electron chi connectivity index (χ1n) is 4.24. The number of sulfone groups is 1. The van der Waals surface area contributed by atoms with Gasteiger partial charge in [0.1, 0.15) is 16.0 Å². The molecule has 1 fully saturated rings. The number of alkyl halides is 1. The Balaban J connectivity index is 2.64. The molecule has 0 bridgehead atoms. The first-order chi connectivity index (χ1) is 5.41. The molecule has 0 aliphatic heterocycles. The Kier molecular flexibility index (Phi) is 2.76. The lowest BCUT2D eigenvalue weighted by atomic mass is 9.89. The van der Waals surface area contributed by atoms with Crippen molar-refractivity contribution in [2.75, 3.05) is 6.26 Å². The van der Waals surface area contributed by atoms with Crippen molar-refractivity contribution in [2.45, 2.75) is 37.6 Å². The molecule has 0 aromatic heterocycles. The molecule has 2 nitrogen and oxygen atoms in total. The fraction of sp³-hybridized carbons (Fsp3) is 1.00. The Morgan fingerprint density at radius 3 is 2.33 bits per heavy atom. The van der Waals surface area contributed by atoms with E-state index >= 15 is 0 Å².